The molecule has 8 aromatic carbocycles. The van der Waals surface area contributed by atoms with Crippen LogP contribution in [0.2, 0.25) is 0 Å². The van der Waals surface area contributed by atoms with Crippen LogP contribution in [0.5, 0.6) is 23.0 Å². The highest BCUT2D eigenvalue weighted by atomic mass is 16.5. The Kier molecular flexibility index (Phi) is 6.47. The number of hydrogen-bond acceptors (Lipinski definition) is 4. The van der Waals surface area contributed by atoms with Crippen molar-refractivity contribution in [3.05, 3.63) is 251 Å². The third kappa shape index (κ3) is 4.02. The monoisotopic (exact) mass is 822 g/mol. The lowest BCUT2D eigenvalue weighted by Crippen LogP contribution is -2.46. The van der Waals surface area contributed by atoms with Crippen LogP contribution in [0.15, 0.2) is 215 Å². The smallest absolute Gasteiger partial charge is 0.205 e. The number of benzene rings is 8. The van der Waals surface area contributed by atoms with Crippen molar-refractivity contribution in [2.75, 3.05) is 0 Å². The van der Waals surface area contributed by atoms with Gasteiger partial charge in [-0.15, -0.1) is 0 Å². The topological polar surface area (TPSA) is 54.6 Å². The van der Waals surface area contributed by atoms with Crippen molar-refractivity contribution in [2.24, 2.45) is 0 Å². The van der Waals surface area contributed by atoms with Crippen LogP contribution in [0.3, 0.4) is 0 Å². The molecule has 0 radical (unpaired) electrons. The molecule has 0 fully saturated rings. The summed E-state index contributed by atoms with van der Waals surface area (Å²) in [6, 6.07) is 72.5. The Balaban J connectivity index is 1.18. The lowest BCUT2D eigenvalue weighted by Gasteiger charge is -2.48. The Hall–Kier alpha value is -8.48. The van der Waals surface area contributed by atoms with Gasteiger partial charge >= 0.3 is 0 Å². The molecule has 12 aromatic rings. The lowest BCUT2D eigenvalue weighted by atomic mass is 9.54. The molecular weight excluding hydrogens is 789 g/mol. The molecule has 0 bridgehead atoms. The summed E-state index contributed by atoms with van der Waals surface area (Å²) in [6.07, 6.45) is 0. The van der Waals surface area contributed by atoms with Gasteiger partial charge in [-0.25, -0.2) is 0 Å². The molecule has 0 saturated carbocycles. The average Bonchev–Trinajstić information content (AvgIpc) is 4.14. The van der Waals surface area contributed by atoms with Crippen LogP contribution in [0.1, 0.15) is 44.9 Å². The number of hydrogen-bond donors (Lipinski definition) is 0. The van der Waals surface area contributed by atoms with Gasteiger partial charge in [-0.1, -0.05) is 146 Å². The van der Waals surface area contributed by atoms with Gasteiger partial charge in [0.2, 0.25) is 11.8 Å². The number of nitrogens with zero attached hydrogens (tertiary/aromatic N) is 2. The zero-order valence-electron chi connectivity index (χ0n) is 34.2. The summed E-state index contributed by atoms with van der Waals surface area (Å²) in [5, 5.41) is 4.62. The first-order valence-electron chi connectivity index (χ1n) is 21.7. The number of ether oxygens (including phenoxy) is 2. The largest absolute Gasteiger partial charge is 0.457 e. The van der Waals surface area contributed by atoms with Crippen LogP contribution in [-0.4, -0.2) is 9.13 Å². The maximum Gasteiger partial charge on any atom is 0.205 e. The molecule has 3 aliphatic rings. The summed E-state index contributed by atoms with van der Waals surface area (Å²) in [5.41, 5.74) is 7.97. The quantitative estimate of drug-likeness (QED) is 0.174. The highest BCUT2D eigenvalue weighted by molar-refractivity contribution is 6.10. The second kappa shape index (κ2) is 12.1. The van der Waals surface area contributed by atoms with Crippen LogP contribution in [0.4, 0.5) is 0 Å². The second-order valence-electron chi connectivity index (χ2n) is 17.1. The first-order chi connectivity index (χ1) is 31.7. The van der Waals surface area contributed by atoms with Crippen LogP contribution >= 0.6 is 0 Å². The standard InChI is InChI=1S/C58H34N2O4/c1-9-25-45-35(17-1)36-18-2-10-26-46(36)59(45)53-33-43-55(63-53)58(41-23-7-15-31-51(41)62-52-32-16-8-24-42(52)58)44-34-54(60-47-27-11-3-19-37(47)38-20-4-12-28-48(38)60)64-56(44)57(43)39-21-5-13-29-49(39)61-50-30-14-6-22-40(50)57/h1-34H. The Morgan fingerprint density at radius 1 is 0.281 bits per heavy atom. The second-order valence-corrected chi connectivity index (χ2v) is 17.1. The fourth-order valence-corrected chi connectivity index (χ4v) is 11.7. The van der Waals surface area contributed by atoms with Crippen molar-refractivity contribution >= 4 is 43.6 Å². The maximum absolute atomic E-state index is 7.85. The fraction of sp³-hybridized carbons (Fsp3) is 0.0345. The van der Waals surface area contributed by atoms with E-state index in [1.54, 1.807) is 0 Å². The lowest BCUT2D eigenvalue weighted by molar-refractivity contribution is 0.348. The van der Waals surface area contributed by atoms with Crippen LogP contribution in [0.25, 0.3) is 55.4 Å². The molecule has 0 saturated heterocycles. The zero-order valence-corrected chi connectivity index (χ0v) is 34.2. The van der Waals surface area contributed by atoms with Gasteiger partial charge in [-0.05, 0) is 48.5 Å². The normalized spacial score (nSPS) is 14.8. The van der Waals surface area contributed by atoms with Crippen LogP contribution < -0.4 is 9.47 Å². The number of furan rings is 2. The van der Waals surface area contributed by atoms with Crippen molar-refractivity contribution in [1.82, 2.24) is 9.13 Å². The molecule has 1 aliphatic carbocycles. The molecule has 0 amide bonds. The minimum absolute atomic E-state index is 0.705. The molecule has 15 rings (SSSR count). The van der Waals surface area contributed by atoms with Crippen molar-refractivity contribution < 1.29 is 18.3 Å². The summed E-state index contributed by atoms with van der Waals surface area (Å²) < 4.78 is 34.0. The van der Waals surface area contributed by atoms with E-state index in [2.05, 4.69) is 191 Å². The Bertz CT molecular complexity index is 3450. The van der Waals surface area contributed by atoms with Gasteiger partial charge < -0.3 is 18.3 Å². The van der Waals surface area contributed by atoms with Gasteiger partial charge in [0.05, 0.1) is 22.1 Å². The molecule has 6 heterocycles. The Morgan fingerprint density at radius 2 is 0.547 bits per heavy atom. The highest BCUT2D eigenvalue weighted by Gasteiger charge is 2.63. The summed E-state index contributed by atoms with van der Waals surface area (Å²) in [7, 11) is 0. The van der Waals surface area contributed by atoms with E-state index in [9.17, 15) is 0 Å². The van der Waals surface area contributed by atoms with E-state index >= 15 is 0 Å². The summed E-state index contributed by atoms with van der Waals surface area (Å²) in [6.45, 7) is 0. The predicted octanol–water partition coefficient (Wildman–Crippen LogP) is 14.4. The molecule has 2 spiro atoms. The van der Waals surface area contributed by atoms with Crippen molar-refractivity contribution in [1.29, 1.82) is 0 Å². The minimum atomic E-state index is -1.04. The van der Waals surface area contributed by atoms with Crippen LogP contribution in [-0.2, 0) is 10.8 Å². The van der Waals surface area contributed by atoms with E-state index in [-0.39, 0.29) is 0 Å². The van der Waals surface area contributed by atoms with Crippen molar-refractivity contribution in [3.63, 3.8) is 0 Å². The van der Waals surface area contributed by atoms with E-state index in [4.69, 9.17) is 18.3 Å². The first-order valence-corrected chi connectivity index (χ1v) is 21.7. The van der Waals surface area contributed by atoms with Gasteiger partial charge in [0.25, 0.3) is 0 Å². The third-order valence-electron chi connectivity index (χ3n) is 14.1. The Labute approximate surface area is 366 Å². The molecular formula is C58H34N2O4. The van der Waals surface area contributed by atoms with Gasteiger partial charge in [0.1, 0.15) is 45.3 Å². The molecule has 300 valence electrons. The SMILES string of the molecule is c1ccc2c(c1)Oc1ccccc1C21c2cc(-n3c4ccccc4c4ccccc43)oc2C2(c3ccccc3Oc3ccccc32)c2cc(-n3c4ccccc4c4ccccc43)oc21. The highest BCUT2D eigenvalue weighted by Crippen LogP contribution is 2.68. The fourth-order valence-electron chi connectivity index (χ4n) is 11.7. The predicted molar refractivity (Wildman–Crippen MR) is 250 cm³/mol. The van der Waals surface area contributed by atoms with E-state index in [0.29, 0.717) is 11.8 Å². The summed E-state index contributed by atoms with van der Waals surface area (Å²) in [4.78, 5) is 0. The Morgan fingerprint density at radius 3 is 0.859 bits per heavy atom. The summed E-state index contributed by atoms with van der Waals surface area (Å²) in [5.74, 6) is 6.04. The molecule has 64 heavy (non-hydrogen) atoms. The van der Waals surface area contributed by atoms with Crippen LogP contribution in [0, 0.1) is 0 Å². The minimum Gasteiger partial charge on any atom is -0.457 e. The van der Waals surface area contributed by atoms with E-state index in [0.717, 1.165) is 112 Å². The number of para-hydroxylation sites is 8. The van der Waals surface area contributed by atoms with Crippen molar-refractivity contribution in [2.45, 2.75) is 10.8 Å². The van der Waals surface area contributed by atoms with Gasteiger partial charge in [0.15, 0.2) is 0 Å². The van der Waals surface area contributed by atoms with Gasteiger partial charge in [-0.2, -0.15) is 0 Å². The third-order valence-corrected chi connectivity index (χ3v) is 14.1. The zero-order chi connectivity index (χ0) is 41.7. The molecule has 4 aromatic heterocycles. The molecule has 0 unspecified atom stereocenters. The maximum atomic E-state index is 7.85. The molecule has 0 N–H and O–H groups in total. The summed E-state index contributed by atoms with van der Waals surface area (Å²) >= 11 is 0. The molecule has 0 atom stereocenters. The number of rotatable bonds is 2. The van der Waals surface area contributed by atoms with E-state index in [1.807, 2.05) is 24.3 Å². The molecule has 2 aliphatic heterocycles. The van der Waals surface area contributed by atoms with Gasteiger partial charge in [-0.3, -0.25) is 9.13 Å². The van der Waals surface area contributed by atoms with E-state index in [1.165, 1.54) is 0 Å². The van der Waals surface area contributed by atoms with E-state index < -0.39 is 10.8 Å². The molecule has 6 nitrogen and oxygen atoms in total. The molecule has 6 heteroatoms. The van der Waals surface area contributed by atoms with Crippen molar-refractivity contribution in [3.8, 4) is 34.8 Å². The average molecular weight is 823 g/mol. The number of fused-ring (bicyclic) bond motifs is 20. The van der Waals surface area contributed by atoms with Gasteiger partial charge in [0, 0.05) is 67.1 Å². The first kappa shape index (κ1) is 34.1. The number of aromatic nitrogens is 2.